The summed E-state index contributed by atoms with van der Waals surface area (Å²) in [6.45, 7) is 3.97. The number of allylic oxidation sites excluding steroid dienone is 4. The average molecular weight is 800 g/mol. The summed E-state index contributed by atoms with van der Waals surface area (Å²) in [5.74, 6) is -0.885. The minimum atomic E-state index is -4.64. The van der Waals surface area contributed by atoms with Gasteiger partial charge in [-0.15, -0.1) is 0 Å². The molecule has 0 bridgehead atoms. The van der Waals surface area contributed by atoms with E-state index in [-0.39, 0.29) is 26.1 Å². The van der Waals surface area contributed by atoms with Gasteiger partial charge in [-0.05, 0) is 38.5 Å². The fourth-order valence-electron chi connectivity index (χ4n) is 5.81. The molecule has 3 unspecified atom stereocenters. The highest BCUT2D eigenvalue weighted by molar-refractivity contribution is 7.45. The van der Waals surface area contributed by atoms with Crippen molar-refractivity contribution in [1.82, 2.24) is 0 Å². The first-order chi connectivity index (χ1) is 26.4. The van der Waals surface area contributed by atoms with Crippen molar-refractivity contribution in [2.45, 2.75) is 187 Å². The molecule has 0 radical (unpaired) electrons. The summed E-state index contributed by atoms with van der Waals surface area (Å²) in [7, 11) is 1.12. The lowest BCUT2D eigenvalue weighted by atomic mass is 10.0. The van der Waals surface area contributed by atoms with E-state index in [1.165, 1.54) is 77.0 Å². The largest absolute Gasteiger partial charge is 0.756 e. The van der Waals surface area contributed by atoms with Gasteiger partial charge in [0.05, 0.1) is 33.9 Å². The van der Waals surface area contributed by atoms with E-state index in [1.807, 2.05) is 45.4 Å². The number of phosphoric ester groups is 1. The van der Waals surface area contributed by atoms with E-state index in [4.69, 9.17) is 18.5 Å². The van der Waals surface area contributed by atoms with E-state index >= 15 is 0 Å². The van der Waals surface area contributed by atoms with E-state index in [1.54, 1.807) is 6.08 Å². The maximum Gasteiger partial charge on any atom is 0.306 e. The van der Waals surface area contributed by atoms with E-state index in [9.17, 15) is 24.2 Å². The molecular weight excluding hydrogens is 717 g/mol. The number of rotatable bonds is 39. The van der Waals surface area contributed by atoms with Crippen molar-refractivity contribution in [3.63, 3.8) is 0 Å². The van der Waals surface area contributed by atoms with Gasteiger partial charge in [0.25, 0.3) is 7.82 Å². The zero-order chi connectivity index (χ0) is 40.9. The Morgan fingerprint density at radius 1 is 0.673 bits per heavy atom. The fourth-order valence-corrected chi connectivity index (χ4v) is 6.54. The van der Waals surface area contributed by atoms with Crippen molar-refractivity contribution >= 4 is 19.8 Å². The summed E-state index contributed by atoms with van der Waals surface area (Å²) < 4.78 is 33.8. The van der Waals surface area contributed by atoms with Crippen LogP contribution in [0.1, 0.15) is 174 Å². The Kier molecular flexibility index (Phi) is 35.3. The third-order valence-electron chi connectivity index (χ3n) is 9.25. The van der Waals surface area contributed by atoms with Crippen molar-refractivity contribution in [3.05, 3.63) is 36.5 Å². The van der Waals surface area contributed by atoms with Crippen molar-refractivity contribution in [2.75, 3.05) is 47.5 Å². The summed E-state index contributed by atoms with van der Waals surface area (Å²) in [6.07, 6.45) is 36.4. The molecule has 322 valence electrons. The zero-order valence-electron chi connectivity index (χ0n) is 35.7. The molecular formula is C44H82NO9P. The van der Waals surface area contributed by atoms with Crippen molar-refractivity contribution in [1.29, 1.82) is 0 Å². The third kappa shape index (κ3) is 40.2. The Balaban J connectivity index is 4.42. The zero-order valence-corrected chi connectivity index (χ0v) is 36.6. The van der Waals surface area contributed by atoms with Crippen LogP contribution in [0.5, 0.6) is 0 Å². The molecule has 0 aromatic rings. The molecule has 0 spiro atoms. The number of likely N-dealkylation sites (N-methyl/N-ethyl adjacent to an activating group) is 1. The van der Waals surface area contributed by atoms with Crippen LogP contribution in [0.15, 0.2) is 36.5 Å². The number of esters is 2. The van der Waals surface area contributed by atoms with Gasteiger partial charge in [-0.2, -0.15) is 0 Å². The molecule has 10 nitrogen and oxygen atoms in total. The summed E-state index contributed by atoms with van der Waals surface area (Å²) >= 11 is 0. The topological polar surface area (TPSA) is 131 Å². The summed E-state index contributed by atoms with van der Waals surface area (Å²) in [5, 5.41) is 9.88. The van der Waals surface area contributed by atoms with Crippen LogP contribution < -0.4 is 4.89 Å². The van der Waals surface area contributed by atoms with E-state index in [0.717, 1.165) is 57.8 Å². The second-order valence-electron chi connectivity index (χ2n) is 15.9. The van der Waals surface area contributed by atoms with Gasteiger partial charge < -0.3 is 33.0 Å². The highest BCUT2D eigenvalue weighted by Crippen LogP contribution is 2.38. The van der Waals surface area contributed by atoms with Crippen LogP contribution in [-0.4, -0.2) is 81.2 Å². The van der Waals surface area contributed by atoms with Crippen LogP contribution in [0.3, 0.4) is 0 Å². The molecule has 0 heterocycles. The molecule has 0 saturated heterocycles. The van der Waals surface area contributed by atoms with Crippen LogP contribution in [0.25, 0.3) is 0 Å². The molecule has 0 aromatic carbocycles. The molecule has 0 aromatic heterocycles. The Morgan fingerprint density at radius 3 is 1.75 bits per heavy atom. The summed E-state index contributed by atoms with van der Waals surface area (Å²) in [4.78, 5) is 37.5. The number of ether oxygens (including phenoxy) is 2. The minimum absolute atomic E-state index is 0.0440. The lowest BCUT2D eigenvalue weighted by molar-refractivity contribution is -0.870. The number of quaternary nitrogens is 1. The molecule has 0 amide bonds. The predicted molar refractivity (Wildman–Crippen MR) is 223 cm³/mol. The smallest absolute Gasteiger partial charge is 0.306 e. The predicted octanol–water partition coefficient (Wildman–Crippen LogP) is 10.5. The van der Waals surface area contributed by atoms with Gasteiger partial charge in [0, 0.05) is 12.8 Å². The molecule has 0 fully saturated rings. The second kappa shape index (κ2) is 36.5. The molecule has 0 aliphatic rings. The van der Waals surface area contributed by atoms with Crippen molar-refractivity contribution in [2.24, 2.45) is 0 Å². The van der Waals surface area contributed by atoms with Crippen LogP contribution >= 0.6 is 7.82 Å². The van der Waals surface area contributed by atoms with Gasteiger partial charge >= 0.3 is 11.9 Å². The lowest BCUT2D eigenvalue weighted by Crippen LogP contribution is -2.37. The van der Waals surface area contributed by atoms with E-state index < -0.39 is 38.6 Å². The SMILES string of the molecule is CC/C=C/CC(O)/C=C/C=C/CCCCCCCC(=O)OC(COC(=O)CCCCCCCCCCCCCCCCC)COP(=O)([O-])OCC[N+](C)(C)C. The maximum atomic E-state index is 12.7. The molecule has 55 heavy (non-hydrogen) atoms. The minimum Gasteiger partial charge on any atom is -0.756 e. The Labute approximate surface area is 336 Å². The van der Waals surface area contributed by atoms with Gasteiger partial charge in [0.1, 0.15) is 19.8 Å². The van der Waals surface area contributed by atoms with Crippen LogP contribution in [0.2, 0.25) is 0 Å². The normalized spacial score (nSPS) is 14.5. The molecule has 0 aliphatic carbocycles. The van der Waals surface area contributed by atoms with Crippen LogP contribution in [0.4, 0.5) is 0 Å². The summed E-state index contributed by atoms with van der Waals surface area (Å²) in [5.41, 5.74) is 0. The van der Waals surface area contributed by atoms with Gasteiger partial charge in [-0.1, -0.05) is 159 Å². The number of carbonyl (C=O) groups excluding carboxylic acids is 2. The van der Waals surface area contributed by atoms with Gasteiger partial charge in [0.2, 0.25) is 0 Å². The number of aliphatic hydroxyl groups excluding tert-OH is 1. The molecule has 1 N–H and O–H groups in total. The van der Waals surface area contributed by atoms with Crippen molar-refractivity contribution < 1.29 is 47.2 Å². The number of aliphatic hydroxyl groups is 1. The maximum absolute atomic E-state index is 12.7. The van der Waals surface area contributed by atoms with E-state index in [0.29, 0.717) is 23.9 Å². The lowest BCUT2D eigenvalue weighted by Gasteiger charge is -2.28. The van der Waals surface area contributed by atoms with Crippen LogP contribution in [0, 0.1) is 0 Å². The number of hydrogen-bond donors (Lipinski definition) is 1. The van der Waals surface area contributed by atoms with Gasteiger partial charge in [-0.3, -0.25) is 14.2 Å². The highest BCUT2D eigenvalue weighted by Gasteiger charge is 2.21. The molecule has 0 rings (SSSR count). The van der Waals surface area contributed by atoms with Gasteiger partial charge in [-0.25, -0.2) is 0 Å². The first-order valence-electron chi connectivity index (χ1n) is 21.8. The number of nitrogens with zero attached hydrogens (tertiary/aromatic N) is 1. The first-order valence-corrected chi connectivity index (χ1v) is 23.3. The number of hydrogen-bond acceptors (Lipinski definition) is 9. The molecule has 11 heteroatoms. The molecule has 3 atom stereocenters. The highest BCUT2D eigenvalue weighted by atomic mass is 31.2. The Hall–Kier alpha value is -1.81. The van der Waals surface area contributed by atoms with E-state index in [2.05, 4.69) is 19.9 Å². The van der Waals surface area contributed by atoms with Gasteiger partial charge in [0.15, 0.2) is 6.10 Å². The second-order valence-corrected chi connectivity index (χ2v) is 17.3. The monoisotopic (exact) mass is 800 g/mol. The average Bonchev–Trinajstić information content (AvgIpc) is 3.12. The quantitative estimate of drug-likeness (QED) is 0.0161. The number of unbranched alkanes of at least 4 members (excludes halogenated alkanes) is 19. The Morgan fingerprint density at radius 2 is 1.20 bits per heavy atom. The van der Waals surface area contributed by atoms with Crippen molar-refractivity contribution in [3.8, 4) is 0 Å². The number of phosphoric acid groups is 1. The van der Waals surface area contributed by atoms with Crippen LogP contribution in [-0.2, 0) is 32.7 Å². The first kappa shape index (κ1) is 53.2. The number of carbonyl (C=O) groups is 2. The fraction of sp³-hybridized carbons (Fsp3) is 0.818. The summed E-state index contributed by atoms with van der Waals surface area (Å²) in [6, 6.07) is 0. The molecule has 0 saturated carbocycles. The molecule has 0 aliphatic heterocycles. The Bertz CT molecular complexity index is 1060. The third-order valence-corrected chi connectivity index (χ3v) is 10.2. The standard InChI is InChI=1S/C44H82NO9P/c1-6-8-10-11-12-13-14-15-16-17-18-21-24-27-31-35-43(47)51-39-42(40-53-55(49,50)52-38-37-45(3,4)5)54-44(48)36-32-28-25-22-19-20-23-26-30-34-41(46)33-29-9-7-2/h9,23,26,29-30,34,41-42,46H,6-8,10-22,24-25,27-28,31-33,35-40H2,1-5H3/b26-23+,29-9+,34-30+.